The molecule has 0 bridgehead atoms. The van der Waals surface area contributed by atoms with E-state index in [2.05, 4.69) is 11.0 Å². The fourth-order valence-electron chi connectivity index (χ4n) is 0.441. The largest absolute Gasteiger partial charge is 0.464 e. The highest BCUT2D eigenvalue weighted by molar-refractivity contribution is 5.71. The first-order valence-electron chi connectivity index (χ1n) is 3.53. The van der Waals surface area contributed by atoms with Crippen molar-refractivity contribution in [1.82, 2.24) is 11.0 Å². The first kappa shape index (κ1) is 10.3. The van der Waals surface area contributed by atoms with Crippen molar-refractivity contribution >= 4 is 5.97 Å². The third-order valence-electron chi connectivity index (χ3n) is 1.04. The Kier molecular flexibility index (Phi) is 5.73. The zero-order chi connectivity index (χ0) is 8.69. The third-order valence-corrected chi connectivity index (χ3v) is 1.04. The van der Waals surface area contributed by atoms with E-state index < -0.39 is 0 Å². The number of rotatable bonds is 5. The molecule has 0 aromatic heterocycles. The summed E-state index contributed by atoms with van der Waals surface area (Å²) in [4.78, 5) is 10.8. The minimum absolute atomic E-state index is 0.0687. The van der Waals surface area contributed by atoms with Gasteiger partial charge in [-0.2, -0.15) is 5.53 Å². The zero-order valence-corrected chi connectivity index (χ0v) is 6.89. The zero-order valence-electron chi connectivity index (χ0n) is 6.89. The molecule has 0 amide bonds. The molecule has 0 fully saturated rings. The lowest BCUT2D eigenvalue weighted by Gasteiger charge is -2.06. The second-order valence-corrected chi connectivity index (χ2v) is 2.39. The van der Waals surface area contributed by atoms with E-state index in [9.17, 15) is 4.79 Å². The lowest BCUT2D eigenvalue weighted by molar-refractivity contribution is -0.147. The van der Waals surface area contributed by atoms with Crippen molar-refractivity contribution in [2.75, 3.05) is 13.2 Å². The molecule has 5 nitrogen and oxygen atoms in total. The summed E-state index contributed by atoms with van der Waals surface area (Å²) in [5.41, 5.74) is 4.82. The average Bonchev–Trinajstić information content (AvgIpc) is 1.97. The summed E-state index contributed by atoms with van der Waals surface area (Å²) < 4.78 is 4.81. The molecule has 5 heteroatoms. The van der Waals surface area contributed by atoms with Gasteiger partial charge in [0.1, 0.15) is 6.61 Å². The van der Waals surface area contributed by atoms with Crippen molar-refractivity contribution in [2.24, 2.45) is 11.8 Å². The van der Waals surface area contributed by atoms with Crippen molar-refractivity contribution in [1.29, 1.82) is 0 Å². The molecule has 0 spiro atoms. The standard InChI is InChI=1S/C6H15N3O2/c1-5(2)6(10)11-4-3-8-9-7/h5,8-9H,3-4,7H2,1-2H3. The van der Waals surface area contributed by atoms with E-state index in [1.54, 1.807) is 13.8 Å². The van der Waals surface area contributed by atoms with E-state index in [1.807, 2.05) is 0 Å². The molecule has 0 rings (SSSR count). The third kappa shape index (κ3) is 5.78. The van der Waals surface area contributed by atoms with Crippen LogP contribution in [0.2, 0.25) is 0 Å². The van der Waals surface area contributed by atoms with Crippen LogP contribution in [0, 0.1) is 5.92 Å². The monoisotopic (exact) mass is 161 g/mol. The quantitative estimate of drug-likeness (QED) is 0.212. The molecule has 0 saturated heterocycles. The van der Waals surface area contributed by atoms with Gasteiger partial charge in [-0.25, -0.2) is 5.43 Å². The molecule has 0 aliphatic carbocycles. The van der Waals surface area contributed by atoms with Gasteiger partial charge in [0.25, 0.3) is 0 Å². The molecule has 11 heavy (non-hydrogen) atoms. The Labute approximate surface area is 66.2 Å². The lowest BCUT2D eigenvalue weighted by atomic mass is 10.2. The van der Waals surface area contributed by atoms with Crippen LogP contribution in [-0.2, 0) is 9.53 Å². The number of hydrogen-bond donors (Lipinski definition) is 3. The molecular formula is C6H15N3O2. The van der Waals surface area contributed by atoms with Gasteiger partial charge in [0.2, 0.25) is 0 Å². The van der Waals surface area contributed by atoms with Gasteiger partial charge in [0.15, 0.2) is 0 Å². The Hall–Kier alpha value is -0.650. The Bertz CT molecular complexity index is 116. The van der Waals surface area contributed by atoms with E-state index in [1.165, 1.54) is 0 Å². The van der Waals surface area contributed by atoms with Crippen LogP contribution in [-0.4, -0.2) is 19.1 Å². The van der Waals surface area contributed by atoms with Gasteiger partial charge in [0.05, 0.1) is 5.92 Å². The molecule has 0 aliphatic rings. The molecule has 0 atom stereocenters. The molecule has 0 aliphatic heterocycles. The van der Waals surface area contributed by atoms with Crippen LogP contribution in [0.15, 0.2) is 0 Å². The summed E-state index contributed by atoms with van der Waals surface area (Å²) in [5, 5.41) is 0. The number of carbonyl (C=O) groups is 1. The molecule has 4 N–H and O–H groups in total. The maximum atomic E-state index is 10.8. The van der Waals surface area contributed by atoms with Crippen LogP contribution >= 0.6 is 0 Å². The Balaban J connectivity index is 3.18. The van der Waals surface area contributed by atoms with E-state index in [0.29, 0.717) is 13.2 Å². The van der Waals surface area contributed by atoms with E-state index in [4.69, 9.17) is 10.6 Å². The summed E-state index contributed by atoms with van der Waals surface area (Å²) in [5.74, 6) is 4.64. The van der Waals surface area contributed by atoms with Crippen molar-refractivity contribution in [2.45, 2.75) is 13.8 Å². The van der Waals surface area contributed by atoms with Crippen molar-refractivity contribution < 1.29 is 9.53 Å². The molecule has 66 valence electrons. The van der Waals surface area contributed by atoms with Crippen LogP contribution in [0.1, 0.15) is 13.8 Å². The van der Waals surface area contributed by atoms with Crippen LogP contribution in [0.3, 0.4) is 0 Å². The van der Waals surface area contributed by atoms with E-state index >= 15 is 0 Å². The summed E-state index contributed by atoms with van der Waals surface area (Å²) >= 11 is 0. The SMILES string of the molecule is CC(C)C(=O)OCCNNN. The summed E-state index contributed by atoms with van der Waals surface area (Å²) in [7, 11) is 0. The van der Waals surface area contributed by atoms with Gasteiger partial charge < -0.3 is 4.74 Å². The first-order chi connectivity index (χ1) is 5.18. The minimum atomic E-state index is -0.191. The maximum absolute atomic E-state index is 10.8. The Morgan fingerprint density at radius 3 is 2.73 bits per heavy atom. The van der Waals surface area contributed by atoms with Crippen LogP contribution in [0.4, 0.5) is 0 Å². The second kappa shape index (κ2) is 6.09. The summed E-state index contributed by atoms with van der Waals surface area (Å²) in [6, 6.07) is 0. The van der Waals surface area contributed by atoms with Gasteiger partial charge in [-0.3, -0.25) is 10.6 Å². The van der Waals surface area contributed by atoms with Gasteiger partial charge in [-0.1, -0.05) is 13.8 Å². The highest BCUT2D eigenvalue weighted by Gasteiger charge is 2.06. The van der Waals surface area contributed by atoms with Crippen LogP contribution in [0.5, 0.6) is 0 Å². The summed E-state index contributed by atoms with van der Waals surface area (Å²) in [6.45, 7) is 4.42. The number of carbonyl (C=O) groups excluding carboxylic acids is 1. The fourth-order valence-corrected chi connectivity index (χ4v) is 0.441. The second-order valence-electron chi connectivity index (χ2n) is 2.39. The normalized spacial score (nSPS) is 10.2. The smallest absolute Gasteiger partial charge is 0.308 e. The van der Waals surface area contributed by atoms with E-state index in [-0.39, 0.29) is 11.9 Å². The highest BCUT2D eigenvalue weighted by Crippen LogP contribution is 1.94. The molecule has 0 aromatic rings. The first-order valence-corrected chi connectivity index (χ1v) is 3.53. The molecule has 0 unspecified atom stereocenters. The molecule has 0 aromatic carbocycles. The number of esters is 1. The number of hydrogen-bond acceptors (Lipinski definition) is 5. The topological polar surface area (TPSA) is 76.4 Å². The lowest BCUT2D eigenvalue weighted by Crippen LogP contribution is -2.40. The summed E-state index contributed by atoms with van der Waals surface area (Å²) in [6.07, 6.45) is 0. The van der Waals surface area contributed by atoms with Crippen molar-refractivity contribution in [3.05, 3.63) is 0 Å². The van der Waals surface area contributed by atoms with Crippen LogP contribution in [0.25, 0.3) is 0 Å². The predicted octanol–water partition coefficient (Wildman–Crippen LogP) is -0.846. The molecular weight excluding hydrogens is 146 g/mol. The Morgan fingerprint density at radius 1 is 1.64 bits per heavy atom. The molecule has 0 saturated carbocycles. The maximum Gasteiger partial charge on any atom is 0.308 e. The average molecular weight is 161 g/mol. The number of hydrazine groups is 2. The van der Waals surface area contributed by atoms with Crippen molar-refractivity contribution in [3.8, 4) is 0 Å². The number of nitrogens with two attached hydrogens (primary N) is 1. The van der Waals surface area contributed by atoms with Crippen molar-refractivity contribution in [3.63, 3.8) is 0 Å². The number of ether oxygens (including phenoxy) is 1. The Morgan fingerprint density at radius 2 is 2.27 bits per heavy atom. The molecule has 0 radical (unpaired) electrons. The van der Waals surface area contributed by atoms with E-state index in [0.717, 1.165) is 0 Å². The van der Waals surface area contributed by atoms with Gasteiger partial charge in [0, 0.05) is 6.54 Å². The minimum Gasteiger partial charge on any atom is -0.464 e. The number of nitrogens with one attached hydrogen (secondary N) is 2. The highest BCUT2D eigenvalue weighted by atomic mass is 16.5. The van der Waals surface area contributed by atoms with Gasteiger partial charge in [-0.15, -0.1) is 0 Å². The predicted molar refractivity (Wildman–Crippen MR) is 41.1 cm³/mol. The van der Waals surface area contributed by atoms with Crippen LogP contribution < -0.4 is 16.8 Å². The van der Waals surface area contributed by atoms with Gasteiger partial charge >= 0.3 is 5.97 Å². The fraction of sp³-hybridized carbons (Fsp3) is 0.833. The van der Waals surface area contributed by atoms with Gasteiger partial charge in [-0.05, 0) is 0 Å². The molecule has 0 heterocycles.